The topological polar surface area (TPSA) is 79.4 Å². The minimum Gasteiger partial charge on any atom is -0.337 e. The van der Waals surface area contributed by atoms with E-state index in [1.54, 1.807) is 44.6 Å². The van der Waals surface area contributed by atoms with Gasteiger partial charge in [0.25, 0.3) is 5.91 Å². The van der Waals surface area contributed by atoms with E-state index in [4.69, 9.17) is 0 Å². The van der Waals surface area contributed by atoms with Gasteiger partial charge in [-0.3, -0.25) is 9.78 Å². The minimum atomic E-state index is -3.78. The second kappa shape index (κ2) is 8.98. The van der Waals surface area contributed by atoms with E-state index >= 15 is 0 Å². The van der Waals surface area contributed by atoms with E-state index in [9.17, 15) is 13.2 Å². The highest BCUT2D eigenvalue weighted by Crippen LogP contribution is 2.18. The number of carbonyl (C=O) groups excluding carboxylic acids is 1. The van der Waals surface area contributed by atoms with Crippen LogP contribution in [0, 0.1) is 0 Å². The zero-order valence-electron chi connectivity index (χ0n) is 16.3. The van der Waals surface area contributed by atoms with Gasteiger partial charge in [-0.25, -0.2) is 13.1 Å². The van der Waals surface area contributed by atoms with Crippen molar-refractivity contribution in [3.05, 3.63) is 95.8 Å². The van der Waals surface area contributed by atoms with E-state index in [0.29, 0.717) is 12.1 Å². The first kappa shape index (κ1) is 20.7. The van der Waals surface area contributed by atoms with Gasteiger partial charge in [-0.05, 0) is 42.3 Å². The first-order chi connectivity index (χ1) is 13.9. The lowest BCUT2D eigenvalue weighted by atomic mass is 10.1. The average molecular weight is 410 g/mol. The van der Waals surface area contributed by atoms with E-state index < -0.39 is 16.1 Å². The van der Waals surface area contributed by atoms with Gasteiger partial charge in [-0.1, -0.05) is 42.5 Å². The third-order valence-corrected chi connectivity index (χ3v) is 6.05. The van der Waals surface area contributed by atoms with E-state index in [2.05, 4.69) is 9.71 Å². The predicted molar refractivity (Wildman–Crippen MR) is 112 cm³/mol. The van der Waals surface area contributed by atoms with Crippen molar-refractivity contribution >= 4 is 15.9 Å². The second-order valence-corrected chi connectivity index (χ2v) is 8.52. The Bertz CT molecular complexity index is 1070. The number of hydrogen-bond donors (Lipinski definition) is 1. The summed E-state index contributed by atoms with van der Waals surface area (Å²) in [6.45, 7) is 2.16. The Morgan fingerprint density at radius 2 is 1.83 bits per heavy atom. The summed E-state index contributed by atoms with van der Waals surface area (Å²) in [7, 11) is -2.11. The maximum Gasteiger partial charge on any atom is 0.253 e. The molecule has 29 heavy (non-hydrogen) atoms. The van der Waals surface area contributed by atoms with Gasteiger partial charge in [0.1, 0.15) is 0 Å². The van der Waals surface area contributed by atoms with E-state index in [-0.39, 0.29) is 10.8 Å². The summed E-state index contributed by atoms with van der Waals surface area (Å²) in [6.07, 6.45) is 3.36. The van der Waals surface area contributed by atoms with Gasteiger partial charge in [0.05, 0.1) is 4.90 Å². The summed E-state index contributed by atoms with van der Waals surface area (Å²) < 4.78 is 28.3. The quantitative estimate of drug-likeness (QED) is 0.649. The number of rotatable bonds is 7. The van der Waals surface area contributed by atoms with Crippen LogP contribution in [-0.4, -0.2) is 31.3 Å². The number of nitrogens with zero attached hydrogens (tertiary/aromatic N) is 2. The molecule has 1 amide bonds. The minimum absolute atomic E-state index is 0.0564. The maximum absolute atomic E-state index is 12.8. The van der Waals surface area contributed by atoms with Crippen molar-refractivity contribution < 1.29 is 13.2 Å². The molecule has 0 aliphatic carbocycles. The van der Waals surface area contributed by atoms with Gasteiger partial charge in [-0.2, -0.15) is 0 Å². The fraction of sp³-hybridized carbons (Fsp3) is 0.182. The Labute approximate surface area is 171 Å². The van der Waals surface area contributed by atoms with Crippen molar-refractivity contribution in [3.63, 3.8) is 0 Å². The number of sulfonamides is 1. The fourth-order valence-electron chi connectivity index (χ4n) is 2.96. The van der Waals surface area contributed by atoms with Gasteiger partial charge in [0.15, 0.2) is 0 Å². The highest BCUT2D eigenvalue weighted by molar-refractivity contribution is 7.89. The van der Waals surface area contributed by atoms with Crippen LogP contribution in [-0.2, 0) is 16.6 Å². The lowest BCUT2D eigenvalue weighted by Crippen LogP contribution is -2.28. The fourth-order valence-corrected chi connectivity index (χ4v) is 4.24. The molecular weight excluding hydrogens is 386 g/mol. The summed E-state index contributed by atoms with van der Waals surface area (Å²) in [5.41, 5.74) is 2.07. The third kappa shape index (κ3) is 5.28. The van der Waals surface area contributed by atoms with Crippen molar-refractivity contribution in [2.75, 3.05) is 7.05 Å². The molecule has 1 heterocycles. The predicted octanol–water partition coefficient (Wildman–Crippen LogP) is 3.39. The molecule has 0 saturated heterocycles. The standard InChI is InChI=1S/C22H23N3O3S/c1-17(19-9-4-3-5-10-19)24-29(27,28)21-12-6-11-20(14-21)22(26)25(2)16-18-8-7-13-23-15-18/h3-15,17,24H,16H2,1-2H3. The summed E-state index contributed by atoms with van der Waals surface area (Å²) >= 11 is 0. The molecule has 1 atom stereocenters. The SMILES string of the molecule is CC(NS(=O)(=O)c1cccc(C(=O)N(C)Cc2cccnc2)c1)c1ccccc1. The van der Waals surface area contributed by atoms with Crippen molar-refractivity contribution in [1.82, 2.24) is 14.6 Å². The number of carbonyl (C=O) groups is 1. The van der Waals surface area contributed by atoms with Crippen molar-refractivity contribution in [2.24, 2.45) is 0 Å². The van der Waals surface area contributed by atoms with E-state index in [1.165, 1.54) is 17.0 Å². The number of aromatic nitrogens is 1. The van der Waals surface area contributed by atoms with E-state index in [0.717, 1.165) is 11.1 Å². The average Bonchev–Trinajstić information content (AvgIpc) is 2.74. The molecule has 1 N–H and O–H groups in total. The normalized spacial score (nSPS) is 12.3. The largest absolute Gasteiger partial charge is 0.337 e. The van der Waals surface area contributed by atoms with Crippen molar-refractivity contribution in [3.8, 4) is 0 Å². The Morgan fingerprint density at radius 1 is 1.07 bits per heavy atom. The van der Waals surface area contributed by atoms with Crippen LogP contribution in [0.2, 0.25) is 0 Å². The molecule has 0 radical (unpaired) electrons. The molecule has 0 fully saturated rings. The smallest absolute Gasteiger partial charge is 0.253 e. The summed E-state index contributed by atoms with van der Waals surface area (Å²) in [5.74, 6) is -0.262. The molecule has 0 bridgehead atoms. The molecule has 3 rings (SSSR count). The van der Waals surface area contributed by atoms with Crippen LogP contribution in [0.5, 0.6) is 0 Å². The van der Waals surface area contributed by atoms with Crippen LogP contribution in [0.25, 0.3) is 0 Å². The molecule has 0 aliphatic rings. The molecule has 0 saturated carbocycles. The van der Waals surface area contributed by atoms with E-state index in [1.807, 2.05) is 36.4 Å². The number of nitrogens with one attached hydrogen (secondary N) is 1. The lowest BCUT2D eigenvalue weighted by molar-refractivity contribution is 0.0784. The van der Waals surface area contributed by atoms with Gasteiger partial charge < -0.3 is 4.90 Å². The van der Waals surface area contributed by atoms with Gasteiger partial charge in [-0.15, -0.1) is 0 Å². The Balaban J connectivity index is 1.76. The zero-order valence-corrected chi connectivity index (χ0v) is 17.1. The number of hydrogen-bond acceptors (Lipinski definition) is 4. The molecule has 2 aromatic carbocycles. The summed E-state index contributed by atoms with van der Waals surface area (Å²) in [5, 5.41) is 0. The second-order valence-electron chi connectivity index (χ2n) is 6.80. The molecule has 3 aromatic rings. The molecule has 0 spiro atoms. The Kier molecular flexibility index (Phi) is 6.41. The number of amides is 1. The van der Waals surface area contributed by atoms with Gasteiger partial charge >= 0.3 is 0 Å². The van der Waals surface area contributed by atoms with Gasteiger partial charge in [0, 0.05) is 37.6 Å². The van der Waals surface area contributed by atoms with Crippen LogP contribution < -0.4 is 4.72 Å². The molecule has 150 valence electrons. The molecule has 6 nitrogen and oxygen atoms in total. The van der Waals surface area contributed by atoms with Crippen LogP contribution in [0.1, 0.15) is 34.5 Å². The van der Waals surface area contributed by atoms with Crippen molar-refractivity contribution in [1.29, 1.82) is 0 Å². The molecular formula is C22H23N3O3S. The highest BCUT2D eigenvalue weighted by atomic mass is 32.2. The summed E-state index contributed by atoms with van der Waals surface area (Å²) in [6, 6.07) is 18.7. The molecule has 1 unspecified atom stereocenters. The molecule has 0 aliphatic heterocycles. The first-order valence-corrected chi connectivity index (χ1v) is 10.7. The monoisotopic (exact) mass is 409 g/mol. The van der Waals surface area contributed by atoms with Crippen LogP contribution in [0.4, 0.5) is 0 Å². The number of benzene rings is 2. The lowest BCUT2D eigenvalue weighted by Gasteiger charge is -2.18. The highest BCUT2D eigenvalue weighted by Gasteiger charge is 2.20. The Morgan fingerprint density at radius 3 is 2.52 bits per heavy atom. The van der Waals surface area contributed by atoms with Crippen molar-refractivity contribution in [2.45, 2.75) is 24.4 Å². The first-order valence-electron chi connectivity index (χ1n) is 9.18. The zero-order chi connectivity index (χ0) is 20.9. The van der Waals surface area contributed by atoms with Crippen LogP contribution in [0.3, 0.4) is 0 Å². The summed E-state index contributed by atoms with van der Waals surface area (Å²) in [4.78, 5) is 18.4. The molecule has 1 aromatic heterocycles. The number of pyridine rings is 1. The third-order valence-electron chi connectivity index (χ3n) is 4.51. The van der Waals surface area contributed by atoms with Crippen LogP contribution in [0.15, 0.2) is 84.0 Å². The van der Waals surface area contributed by atoms with Crippen LogP contribution >= 0.6 is 0 Å². The van der Waals surface area contributed by atoms with Gasteiger partial charge in [0.2, 0.25) is 10.0 Å². The molecule has 7 heteroatoms. The Hall–Kier alpha value is -3.03. The maximum atomic E-state index is 12.8.